The SMILES string of the molecule is Cc1nn(-c2ccccc2)c2c1N(C(=O)CCC(=O)NCCC1=CCCCC1)CCS2. The van der Waals surface area contributed by atoms with Crippen molar-refractivity contribution in [3.8, 4) is 5.69 Å². The highest BCUT2D eigenvalue weighted by Crippen LogP contribution is 2.39. The van der Waals surface area contributed by atoms with Crippen molar-refractivity contribution in [1.29, 1.82) is 0 Å². The molecule has 0 saturated carbocycles. The van der Waals surface area contributed by atoms with Crippen LogP contribution < -0.4 is 10.2 Å². The fraction of sp³-hybridized carbons (Fsp3) is 0.458. The Bertz CT molecular complexity index is 967. The van der Waals surface area contributed by atoms with Crippen molar-refractivity contribution in [2.75, 3.05) is 23.7 Å². The van der Waals surface area contributed by atoms with E-state index in [-0.39, 0.29) is 24.7 Å². The summed E-state index contributed by atoms with van der Waals surface area (Å²) in [5.74, 6) is 0.758. The van der Waals surface area contributed by atoms with Gasteiger partial charge in [-0.1, -0.05) is 29.8 Å². The molecule has 31 heavy (non-hydrogen) atoms. The van der Waals surface area contributed by atoms with Crippen molar-refractivity contribution >= 4 is 29.3 Å². The van der Waals surface area contributed by atoms with Crippen molar-refractivity contribution < 1.29 is 9.59 Å². The lowest BCUT2D eigenvalue weighted by atomic mass is 9.97. The van der Waals surface area contributed by atoms with Gasteiger partial charge in [-0.15, -0.1) is 11.8 Å². The van der Waals surface area contributed by atoms with Crippen LogP contribution in [-0.2, 0) is 9.59 Å². The van der Waals surface area contributed by atoms with Gasteiger partial charge < -0.3 is 10.2 Å². The number of nitrogens with zero attached hydrogens (tertiary/aromatic N) is 3. The zero-order chi connectivity index (χ0) is 21.6. The summed E-state index contributed by atoms with van der Waals surface area (Å²) in [7, 11) is 0. The monoisotopic (exact) mass is 438 g/mol. The number of para-hydroxylation sites is 1. The molecular formula is C24H30N4O2S. The minimum Gasteiger partial charge on any atom is -0.356 e. The standard InChI is InChI=1S/C24H30N4O2S/c1-18-23-24(28(26-18)20-10-6-3-7-11-20)31-17-16-27(23)22(30)13-12-21(29)25-15-14-19-8-4-2-5-9-19/h3,6-8,10-11H,2,4-5,9,12-17H2,1H3,(H,25,29). The topological polar surface area (TPSA) is 67.2 Å². The molecule has 1 aromatic heterocycles. The maximum absolute atomic E-state index is 13.0. The third-order valence-corrected chi connectivity index (χ3v) is 6.86. The van der Waals surface area contributed by atoms with Crippen molar-refractivity contribution in [3.63, 3.8) is 0 Å². The second-order valence-corrected chi connectivity index (χ2v) is 9.17. The van der Waals surface area contributed by atoms with E-state index in [2.05, 4.69) is 11.4 Å². The lowest BCUT2D eigenvalue weighted by Crippen LogP contribution is -2.36. The van der Waals surface area contributed by atoms with Gasteiger partial charge in [-0.25, -0.2) is 4.68 Å². The predicted octanol–water partition coefficient (Wildman–Crippen LogP) is 4.41. The smallest absolute Gasteiger partial charge is 0.227 e. The van der Waals surface area contributed by atoms with Crippen LogP contribution in [0.15, 0.2) is 47.0 Å². The van der Waals surface area contributed by atoms with Crippen molar-refractivity contribution in [2.24, 2.45) is 0 Å². The van der Waals surface area contributed by atoms with E-state index < -0.39 is 0 Å². The Hall–Kier alpha value is -2.54. The summed E-state index contributed by atoms with van der Waals surface area (Å²) in [6.07, 6.45) is 8.52. The largest absolute Gasteiger partial charge is 0.356 e. The number of carbonyl (C=O) groups is 2. The number of fused-ring (bicyclic) bond motifs is 1. The van der Waals surface area contributed by atoms with Gasteiger partial charge in [0.25, 0.3) is 0 Å². The van der Waals surface area contributed by atoms with Gasteiger partial charge in [0.05, 0.1) is 17.1 Å². The number of nitrogens with one attached hydrogen (secondary N) is 1. The molecule has 1 aromatic carbocycles. The lowest BCUT2D eigenvalue weighted by molar-refractivity contribution is -0.125. The summed E-state index contributed by atoms with van der Waals surface area (Å²) >= 11 is 1.72. The normalized spacial score (nSPS) is 15.9. The number of thioether (sulfide) groups is 1. The highest BCUT2D eigenvalue weighted by atomic mass is 32.2. The molecule has 0 atom stereocenters. The zero-order valence-electron chi connectivity index (χ0n) is 18.1. The third-order valence-electron chi connectivity index (χ3n) is 5.83. The van der Waals surface area contributed by atoms with Gasteiger partial charge in [0, 0.05) is 31.7 Å². The summed E-state index contributed by atoms with van der Waals surface area (Å²) < 4.78 is 1.92. The average Bonchev–Trinajstić information content (AvgIpc) is 3.15. The Kier molecular flexibility index (Phi) is 7.12. The average molecular weight is 439 g/mol. The Labute approximate surface area is 188 Å². The fourth-order valence-corrected chi connectivity index (χ4v) is 5.35. The van der Waals surface area contributed by atoms with E-state index in [0.717, 1.165) is 47.1 Å². The molecule has 1 N–H and O–H groups in total. The van der Waals surface area contributed by atoms with Gasteiger partial charge in [0.1, 0.15) is 5.03 Å². The van der Waals surface area contributed by atoms with E-state index >= 15 is 0 Å². The minimum atomic E-state index is -0.0481. The molecule has 2 heterocycles. The van der Waals surface area contributed by atoms with Crippen LogP contribution >= 0.6 is 11.8 Å². The van der Waals surface area contributed by atoms with E-state index in [1.54, 1.807) is 11.8 Å². The first-order chi connectivity index (χ1) is 15.1. The lowest BCUT2D eigenvalue weighted by Gasteiger charge is -2.27. The molecule has 0 saturated heterocycles. The first kappa shape index (κ1) is 21.7. The van der Waals surface area contributed by atoms with E-state index in [0.29, 0.717) is 13.1 Å². The van der Waals surface area contributed by atoms with Crippen molar-refractivity contribution in [2.45, 2.75) is 56.9 Å². The minimum absolute atomic E-state index is 0.0117. The van der Waals surface area contributed by atoms with Gasteiger partial charge in [0.2, 0.25) is 11.8 Å². The molecule has 4 rings (SSSR count). The Balaban J connectivity index is 1.34. The zero-order valence-corrected chi connectivity index (χ0v) is 18.9. The summed E-state index contributed by atoms with van der Waals surface area (Å²) in [5, 5.41) is 8.66. The molecule has 6 nitrogen and oxygen atoms in total. The van der Waals surface area contributed by atoms with Gasteiger partial charge >= 0.3 is 0 Å². The van der Waals surface area contributed by atoms with Gasteiger partial charge in [-0.2, -0.15) is 5.10 Å². The molecule has 0 fully saturated rings. The fourth-order valence-electron chi connectivity index (χ4n) is 4.22. The molecule has 2 amide bonds. The third kappa shape index (κ3) is 5.21. The van der Waals surface area contributed by atoms with Crippen LogP contribution in [-0.4, -0.2) is 40.4 Å². The van der Waals surface area contributed by atoms with E-state index in [9.17, 15) is 9.59 Å². The van der Waals surface area contributed by atoms with Crippen molar-refractivity contribution in [3.05, 3.63) is 47.7 Å². The van der Waals surface area contributed by atoms with Crippen LogP contribution in [0.5, 0.6) is 0 Å². The number of amides is 2. The Morgan fingerprint density at radius 1 is 1.16 bits per heavy atom. The van der Waals surface area contributed by atoms with Crippen LogP contribution in [0.1, 0.15) is 50.6 Å². The molecule has 2 aliphatic rings. The second kappa shape index (κ2) is 10.2. The predicted molar refractivity (Wildman–Crippen MR) is 125 cm³/mol. The van der Waals surface area contributed by atoms with Crippen LogP contribution in [0.25, 0.3) is 5.69 Å². The quantitative estimate of drug-likeness (QED) is 0.651. The first-order valence-corrected chi connectivity index (χ1v) is 12.1. The summed E-state index contributed by atoms with van der Waals surface area (Å²) in [4.78, 5) is 27.0. The molecule has 0 radical (unpaired) electrons. The summed E-state index contributed by atoms with van der Waals surface area (Å²) in [5.41, 5.74) is 4.16. The van der Waals surface area contributed by atoms with Gasteiger partial charge in [-0.3, -0.25) is 9.59 Å². The van der Waals surface area contributed by atoms with Crippen LogP contribution in [0.3, 0.4) is 0 Å². The number of carbonyl (C=O) groups excluding carboxylic acids is 2. The number of allylic oxidation sites excluding steroid dienone is 1. The maximum atomic E-state index is 13.0. The number of aromatic nitrogens is 2. The molecule has 2 aromatic rings. The number of rotatable bonds is 7. The Morgan fingerprint density at radius 2 is 2.00 bits per heavy atom. The van der Waals surface area contributed by atoms with Crippen LogP contribution in [0.4, 0.5) is 5.69 Å². The molecule has 0 unspecified atom stereocenters. The molecular weight excluding hydrogens is 408 g/mol. The second-order valence-electron chi connectivity index (χ2n) is 8.09. The van der Waals surface area contributed by atoms with Gasteiger partial charge in [0.15, 0.2) is 0 Å². The van der Waals surface area contributed by atoms with Crippen molar-refractivity contribution in [1.82, 2.24) is 15.1 Å². The molecule has 7 heteroatoms. The van der Waals surface area contributed by atoms with E-state index in [1.165, 1.54) is 18.4 Å². The molecule has 0 bridgehead atoms. The number of anilines is 1. The number of hydrogen-bond donors (Lipinski definition) is 1. The molecule has 1 aliphatic heterocycles. The highest BCUT2D eigenvalue weighted by molar-refractivity contribution is 7.99. The summed E-state index contributed by atoms with van der Waals surface area (Å²) in [6.45, 7) is 3.25. The van der Waals surface area contributed by atoms with Crippen LogP contribution in [0.2, 0.25) is 0 Å². The number of benzene rings is 1. The molecule has 0 spiro atoms. The van der Waals surface area contributed by atoms with Crippen LogP contribution in [0, 0.1) is 6.92 Å². The van der Waals surface area contributed by atoms with E-state index in [4.69, 9.17) is 5.10 Å². The van der Waals surface area contributed by atoms with E-state index in [1.807, 2.05) is 46.8 Å². The molecule has 1 aliphatic carbocycles. The summed E-state index contributed by atoms with van der Waals surface area (Å²) in [6, 6.07) is 9.98. The van der Waals surface area contributed by atoms with Gasteiger partial charge in [-0.05, 0) is 51.2 Å². The Morgan fingerprint density at radius 3 is 2.77 bits per heavy atom. The number of aryl methyl sites for hydroxylation is 1. The molecule has 164 valence electrons. The maximum Gasteiger partial charge on any atom is 0.227 e. The first-order valence-electron chi connectivity index (χ1n) is 11.2. The number of hydrogen-bond acceptors (Lipinski definition) is 4. The highest BCUT2D eigenvalue weighted by Gasteiger charge is 2.29.